The number of nitrogens with zero attached hydrogens (tertiary/aromatic N) is 2. The number of hydrogen-bond donors (Lipinski definition) is 3. The maximum absolute atomic E-state index is 13.3. The van der Waals surface area contributed by atoms with E-state index in [1.807, 2.05) is 19.2 Å². The summed E-state index contributed by atoms with van der Waals surface area (Å²) in [6.45, 7) is 4.47. The van der Waals surface area contributed by atoms with E-state index in [0.29, 0.717) is 12.1 Å². The molecular formula is C14H17FN4OS. The molecule has 0 fully saturated rings. The average molecular weight is 308 g/mol. The summed E-state index contributed by atoms with van der Waals surface area (Å²) in [4.78, 5) is 4.30. The van der Waals surface area contributed by atoms with Gasteiger partial charge in [-0.15, -0.1) is 11.3 Å². The summed E-state index contributed by atoms with van der Waals surface area (Å²) >= 11 is 1.56. The standard InChI is InChI=1S/C14H17FN4OS/c1-14(2,13-17-5-6-21-13)18-8-9-3-4-10(15)7-11(9)12(16)19-20/h3-7,18,20H,8H2,1-2H3,(H2,16,19). The number of oxime groups is 1. The van der Waals surface area contributed by atoms with Crippen molar-refractivity contribution in [3.63, 3.8) is 0 Å². The smallest absolute Gasteiger partial charge is 0.170 e. The van der Waals surface area contributed by atoms with Crippen LogP contribution in [0, 0.1) is 5.82 Å². The lowest BCUT2D eigenvalue weighted by Crippen LogP contribution is -2.36. The van der Waals surface area contributed by atoms with Crippen LogP contribution in [-0.4, -0.2) is 16.0 Å². The van der Waals surface area contributed by atoms with Crippen molar-refractivity contribution in [3.8, 4) is 0 Å². The zero-order valence-corrected chi connectivity index (χ0v) is 12.6. The van der Waals surface area contributed by atoms with Crippen molar-refractivity contribution >= 4 is 17.2 Å². The fourth-order valence-electron chi connectivity index (χ4n) is 1.92. The first kappa shape index (κ1) is 15.4. The third-order valence-electron chi connectivity index (χ3n) is 3.14. The zero-order chi connectivity index (χ0) is 15.5. The highest BCUT2D eigenvalue weighted by molar-refractivity contribution is 7.09. The molecule has 1 heterocycles. The number of rotatable bonds is 5. The minimum Gasteiger partial charge on any atom is -0.409 e. The molecule has 0 aliphatic heterocycles. The Morgan fingerprint density at radius 3 is 2.90 bits per heavy atom. The van der Waals surface area contributed by atoms with E-state index < -0.39 is 5.82 Å². The van der Waals surface area contributed by atoms with Gasteiger partial charge in [-0.1, -0.05) is 11.2 Å². The number of amidine groups is 1. The molecule has 0 spiro atoms. The van der Waals surface area contributed by atoms with Crippen molar-refractivity contribution < 1.29 is 9.60 Å². The first-order chi connectivity index (χ1) is 9.94. The van der Waals surface area contributed by atoms with Gasteiger partial charge in [0, 0.05) is 23.7 Å². The van der Waals surface area contributed by atoms with Crippen molar-refractivity contribution in [2.24, 2.45) is 10.9 Å². The Bertz CT molecular complexity index is 640. The van der Waals surface area contributed by atoms with Crippen LogP contribution < -0.4 is 11.1 Å². The zero-order valence-electron chi connectivity index (χ0n) is 11.8. The van der Waals surface area contributed by atoms with Crippen LogP contribution in [0.3, 0.4) is 0 Å². The maximum Gasteiger partial charge on any atom is 0.170 e. The van der Waals surface area contributed by atoms with Crippen molar-refractivity contribution in [1.29, 1.82) is 0 Å². The van der Waals surface area contributed by atoms with Gasteiger partial charge in [0.15, 0.2) is 5.84 Å². The van der Waals surface area contributed by atoms with E-state index >= 15 is 0 Å². The lowest BCUT2D eigenvalue weighted by Gasteiger charge is -2.24. The molecule has 0 unspecified atom stereocenters. The van der Waals surface area contributed by atoms with Crippen LogP contribution in [0.2, 0.25) is 0 Å². The lowest BCUT2D eigenvalue weighted by atomic mass is 10.0. The molecule has 4 N–H and O–H groups in total. The first-order valence-corrected chi connectivity index (χ1v) is 7.23. The Hall–Kier alpha value is -1.99. The topological polar surface area (TPSA) is 83.5 Å². The van der Waals surface area contributed by atoms with E-state index in [1.54, 1.807) is 23.6 Å². The van der Waals surface area contributed by atoms with Crippen molar-refractivity contribution in [1.82, 2.24) is 10.3 Å². The molecule has 5 nitrogen and oxygen atoms in total. The van der Waals surface area contributed by atoms with Crippen LogP contribution in [0.4, 0.5) is 4.39 Å². The van der Waals surface area contributed by atoms with Crippen LogP contribution >= 0.6 is 11.3 Å². The van der Waals surface area contributed by atoms with Crippen molar-refractivity contribution in [2.75, 3.05) is 0 Å². The van der Waals surface area contributed by atoms with Crippen LogP contribution in [-0.2, 0) is 12.1 Å². The number of aromatic nitrogens is 1. The van der Waals surface area contributed by atoms with Crippen molar-refractivity contribution in [3.05, 3.63) is 51.7 Å². The first-order valence-electron chi connectivity index (χ1n) is 6.35. The van der Waals surface area contributed by atoms with Crippen LogP contribution in [0.15, 0.2) is 34.9 Å². The minimum absolute atomic E-state index is 0.113. The molecule has 0 aliphatic rings. The van der Waals surface area contributed by atoms with Gasteiger partial charge in [0.1, 0.15) is 10.8 Å². The predicted molar refractivity (Wildman–Crippen MR) is 80.9 cm³/mol. The molecule has 0 bridgehead atoms. The molecule has 0 amide bonds. The predicted octanol–water partition coefficient (Wildman–Crippen LogP) is 2.40. The largest absolute Gasteiger partial charge is 0.409 e. The summed E-state index contributed by atoms with van der Waals surface area (Å²) in [6.07, 6.45) is 1.75. The Morgan fingerprint density at radius 1 is 1.52 bits per heavy atom. The second-order valence-corrected chi connectivity index (χ2v) is 6.00. The van der Waals surface area contributed by atoms with E-state index in [4.69, 9.17) is 10.9 Å². The van der Waals surface area contributed by atoms with E-state index in [0.717, 1.165) is 10.6 Å². The summed E-state index contributed by atoms with van der Waals surface area (Å²) in [5.41, 5.74) is 6.39. The quantitative estimate of drug-likeness (QED) is 0.343. The molecule has 1 aromatic heterocycles. The minimum atomic E-state index is -0.431. The summed E-state index contributed by atoms with van der Waals surface area (Å²) in [6, 6.07) is 4.22. The summed E-state index contributed by atoms with van der Waals surface area (Å²) in [5.74, 6) is -0.544. The van der Waals surface area contributed by atoms with Gasteiger partial charge in [-0.05, 0) is 31.5 Å². The SMILES string of the molecule is CC(C)(NCc1ccc(F)cc1/C(N)=N/O)c1nccs1. The number of halogens is 1. The molecular weight excluding hydrogens is 291 g/mol. The van der Waals surface area contributed by atoms with Gasteiger partial charge in [-0.25, -0.2) is 9.37 Å². The van der Waals surface area contributed by atoms with Crippen LogP contribution in [0.5, 0.6) is 0 Å². The van der Waals surface area contributed by atoms with Gasteiger partial charge < -0.3 is 16.3 Å². The van der Waals surface area contributed by atoms with Gasteiger partial charge >= 0.3 is 0 Å². The summed E-state index contributed by atoms with van der Waals surface area (Å²) in [5, 5.41) is 18.0. The number of thiazole rings is 1. The highest BCUT2D eigenvalue weighted by atomic mass is 32.1. The van der Waals surface area contributed by atoms with Crippen LogP contribution in [0.1, 0.15) is 30.0 Å². The normalized spacial score (nSPS) is 12.6. The molecule has 2 aromatic rings. The van der Waals surface area contributed by atoms with Gasteiger partial charge in [-0.2, -0.15) is 0 Å². The Morgan fingerprint density at radius 2 is 2.29 bits per heavy atom. The van der Waals surface area contributed by atoms with Gasteiger partial charge in [-0.3, -0.25) is 0 Å². The lowest BCUT2D eigenvalue weighted by molar-refractivity contribution is 0.318. The highest BCUT2D eigenvalue weighted by Gasteiger charge is 2.23. The summed E-state index contributed by atoms with van der Waals surface area (Å²) in [7, 11) is 0. The van der Waals surface area contributed by atoms with E-state index in [2.05, 4.69) is 15.5 Å². The molecule has 7 heteroatoms. The monoisotopic (exact) mass is 308 g/mol. The average Bonchev–Trinajstić information content (AvgIpc) is 3.00. The third-order valence-corrected chi connectivity index (χ3v) is 4.24. The second kappa shape index (κ2) is 6.19. The number of hydrogen-bond acceptors (Lipinski definition) is 5. The van der Waals surface area contributed by atoms with Gasteiger partial charge in [0.2, 0.25) is 0 Å². The molecule has 0 saturated heterocycles. The number of benzene rings is 1. The van der Waals surface area contributed by atoms with Crippen LogP contribution in [0.25, 0.3) is 0 Å². The Balaban J connectivity index is 2.21. The van der Waals surface area contributed by atoms with Crippen molar-refractivity contribution in [2.45, 2.75) is 25.9 Å². The molecule has 112 valence electrons. The number of nitrogens with two attached hydrogens (primary N) is 1. The molecule has 1 aromatic carbocycles. The Kier molecular flexibility index (Phi) is 4.54. The highest BCUT2D eigenvalue weighted by Crippen LogP contribution is 2.23. The van der Waals surface area contributed by atoms with E-state index in [1.165, 1.54) is 12.1 Å². The third kappa shape index (κ3) is 3.56. The molecule has 2 rings (SSSR count). The van der Waals surface area contributed by atoms with Gasteiger partial charge in [0.05, 0.1) is 5.54 Å². The fourth-order valence-corrected chi connectivity index (χ4v) is 2.66. The summed E-state index contributed by atoms with van der Waals surface area (Å²) < 4.78 is 13.3. The van der Waals surface area contributed by atoms with E-state index in [-0.39, 0.29) is 11.4 Å². The second-order valence-electron chi connectivity index (χ2n) is 5.10. The fraction of sp³-hybridized carbons (Fsp3) is 0.286. The maximum atomic E-state index is 13.3. The molecule has 21 heavy (non-hydrogen) atoms. The molecule has 0 saturated carbocycles. The molecule has 0 atom stereocenters. The Labute approximate surface area is 126 Å². The molecule has 0 radical (unpaired) electrons. The number of nitrogens with one attached hydrogen (secondary N) is 1. The molecule has 0 aliphatic carbocycles. The van der Waals surface area contributed by atoms with Gasteiger partial charge in [0.25, 0.3) is 0 Å². The van der Waals surface area contributed by atoms with E-state index in [9.17, 15) is 4.39 Å².